The number of thiazole rings is 1. The first kappa shape index (κ1) is 20.8. The summed E-state index contributed by atoms with van der Waals surface area (Å²) in [5.41, 5.74) is 0.856. The average Bonchev–Trinajstić information content (AvgIpc) is 3.28. The minimum atomic E-state index is -0.894. The van der Waals surface area contributed by atoms with Gasteiger partial charge in [-0.25, -0.2) is 9.78 Å². The molecular formula is C19H31N3O3S. The van der Waals surface area contributed by atoms with E-state index in [1.54, 1.807) is 49.0 Å². The maximum atomic E-state index is 13.1. The number of Topliss-reactive ketones (excluding diaryl/α,β-unsaturated/α-hetero) is 1. The third kappa shape index (κ3) is 4.82. The van der Waals surface area contributed by atoms with E-state index in [-0.39, 0.29) is 23.8 Å². The molecule has 1 aromatic heterocycles. The number of hydrogen-bond acceptors (Lipinski definition) is 5. The maximum absolute atomic E-state index is 13.1. The Bertz CT molecular complexity index is 638. The van der Waals surface area contributed by atoms with Gasteiger partial charge in [0.05, 0.1) is 23.4 Å². The Balaban J connectivity index is 2.17. The predicted molar refractivity (Wildman–Crippen MR) is 103 cm³/mol. The summed E-state index contributed by atoms with van der Waals surface area (Å²) >= 11 is 1.60. The Morgan fingerprint density at radius 3 is 2.31 bits per heavy atom. The molecule has 146 valence electrons. The molecule has 2 rings (SSSR count). The molecule has 1 aliphatic carbocycles. The third-order valence-corrected chi connectivity index (χ3v) is 5.76. The lowest BCUT2D eigenvalue weighted by atomic mass is 9.96. The van der Waals surface area contributed by atoms with Crippen LogP contribution in [0.3, 0.4) is 0 Å². The molecule has 0 radical (unpaired) electrons. The summed E-state index contributed by atoms with van der Waals surface area (Å²) in [5.74, 6) is 0.0338. The molecule has 1 aliphatic rings. The fourth-order valence-corrected chi connectivity index (χ4v) is 3.80. The Morgan fingerprint density at radius 2 is 1.88 bits per heavy atom. The highest BCUT2D eigenvalue weighted by Gasteiger charge is 2.44. The molecule has 7 heteroatoms. The molecule has 1 fully saturated rings. The van der Waals surface area contributed by atoms with Crippen LogP contribution in [0.4, 0.5) is 4.79 Å². The van der Waals surface area contributed by atoms with E-state index < -0.39 is 12.1 Å². The van der Waals surface area contributed by atoms with Crippen LogP contribution < -0.4 is 0 Å². The number of amides is 2. The highest BCUT2D eigenvalue weighted by Crippen LogP contribution is 2.32. The molecule has 0 saturated heterocycles. The van der Waals surface area contributed by atoms with Crippen LogP contribution in [0.25, 0.3) is 0 Å². The Morgan fingerprint density at radius 1 is 1.27 bits per heavy atom. The van der Waals surface area contributed by atoms with Crippen LogP contribution in [0.1, 0.15) is 64.1 Å². The first-order valence-electron chi connectivity index (χ1n) is 9.33. The molecule has 6 nitrogen and oxygen atoms in total. The quantitative estimate of drug-likeness (QED) is 0.750. The van der Waals surface area contributed by atoms with Crippen LogP contribution in [0.5, 0.6) is 0 Å². The normalized spacial score (nSPS) is 16.7. The van der Waals surface area contributed by atoms with Gasteiger partial charge < -0.3 is 14.9 Å². The maximum Gasteiger partial charge on any atom is 0.321 e. The zero-order chi connectivity index (χ0) is 19.6. The van der Waals surface area contributed by atoms with E-state index in [4.69, 9.17) is 0 Å². The lowest BCUT2D eigenvalue weighted by Crippen LogP contribution is -2.56. The second kappa shape index (κ2) is 8.48. The number of aliphatic hydroxyl groups is 1. The van der Waals surface area contributed by atoms with E-state index in [0.717, 1.165) is 23.5 Å². The number of hydrogen-bond donors (Lipinski definition) is 1. The van der Waals surface area contributed by atoms with Crippen molar-refractivity contribution in [1.29, 1.82) is 0 Å². The van der Waals surface area contributed by atoms with E-state index in [1.807, 2.05) is 5.38 Å². The van der Waals surface area contributed by atoms with E-state index in [2.05, 4.69) is 18.8 Å². The molecule has 1 saturated carbocycles. The van der Waals surface area contributed by atoms with Crippen LogP contribution >= 0.6 is 11.3 Å². The third-order valence-electron chi connectivity index (χ3n) is 4.57. The average molecular weight is 382 g/mol. The Hall–Kier alpha value is -1.47. The largest absolute Gasteiger partial charge is 0.391 e. The van der Waals surface area contributed by atoms with Crippen LogP contribution in [-0.2, 0) is 11.3 Å². The lowest BCUT2D eigenvalue weighted by molar-refractivity contribution is -0.130. The molecule has 1 N–H and O–H groups in total. The predicted octanol–water partition coefficient (Wildman–Crippen LogP) is 3.26. The Labute approximate surface area is 160 Å². The van der Waals surface area contributed by atoms with Gasteiger partial charge in [0.25, 0.3) is 0 Å². The molecule has 0 aromatic carbocycles. The van der Waals surface area contributed by atoms with Gasteiger partial charge >= 0.3 is 6.03 Å². The number of nitrogens with zero attached hydrogens (tertiary/aromatic N) is 3. The minimum absolute atomic E-state index is 0.0360. The highest BCUT2D eigenvalue weighted by atomic mass is 32.1. The summed E-state index contributed by atoms with van der Waals surface area (Å²) in [7, 11) is 1.73. The van der Waals surface area contributed by atoms with Gasteiger partial charge in [0.15, 0.2) is 5.78 Å². The number of ketones is 1. The van der Waals surface area contributed by atoms with Gasteiger partial charge in [0.2, 0.25) is 0 Å². The molecule has 1 heterocycles. The molecule has 2 atom stereocenters. The van der Waals surface area contributed by atoms with Crippen molar-refractivity contribution in [2.24, 2.45) is 5.92 Å². The summed E-state index contributed by atoms with van der Waals surface area (Å²) in [4.78, 5) is 33.5. The molecule has 26 heavy (non-hydrogen) atoms. The lowest BCUT2D eigenvalue weighted by Gasteiger charge is -2.36. The summed E-state index contributed by atoms with van der Waals surface area (Å²) in [5, 5.41) is 13.3. The smallest absolute Gasteiger partial charge is 0.321 e. The standard InChI is InChI=1S/C19H31N3O3S/c1-11(2)17(24)16(13(5)23)22(15-7-8-15)19(25)21(6)9-14-10-26-18(20-14)12(3)4/h10-13,15-16,23H,7-9H2,1-6H3. The van der Waals surface area contributed by atoms with Gasteiger partial charge in [0, 0.05) is 30.3 Å². The van der Waals surface area contributed by atoms with Crippen molar-refractivity contribution >= 4 is 23.2 Å². The van der Waals surface area contributed by atoms with Crippen LogP contribution in [0.2, 0.25) is 0 Å². The second-order valence-electron chi connectivity index (χ2n) is 7.85. The SMILES string of the molecule is CC(C)C(=O)C(C(C)O)N(C(=O)N(C)Cc1csc(C(C)C)n1)C1CC1. The first-order valence-corrected chi connectivity index (χ1v) is 10.2. The van der Waals surface area contributed by atoms with Gasteiger partial charge in [0.1, 0.15) is 6.04 Å². The first-order chi connectivity index (χ1) is 12.1. The van der Waals surface area contributed by atoms with E-state index in [0.29, 0.717) is 12.5 Å². The molecule has 0 aliphatic heterocycles. The molecule has 0 spiro atoms. The van der Waals surface area contributed by atoms with Crippen molar-refractivity contribution in [2.45, 2.75) is 78.1 Å². The highest BCUT2D eigenvalue weighted by molar-refractivity contribution is 7.09. The zero-order valence-electron chi connectivity index (χ0n) is 16.6. The van der Waals surface area contributed by atoms with Gasteiger partial charge in [-0.15, -0.1) is 11.3 Å². The van der Waals surface area contributed by atoms with Gasteiger partial charge in [-0.1, -0.05) is 27.7 Å². The second-order valence-corrected chi connectivity index (χ2v) is 8.74. The van der Waals surface area contributed by atoms with Crippen molar-refractivity contribution in [3.05, 3.63) is 16.1 Å². The monoisotopic (exact) mass is 381 g/mol. The van der Waals surface area contributed by atoms with E-state index >= 15 is 0 Å². The number of rotatable bonds is 8. The molecule has 2 amide bonds. The number of aromatic nitrogens is 1. The summed E-state index contributed by atoms with van der Waals surface area (Å²) in [6, 6.07) is -0.973. The molecular weight excluding hydrogens is 350 g/mol. The van der Waals surface area contributed by atoms with Crippen molar-refractivity contribution in [3.63, 3.8) is 0 Å². The number of carbonyl (C=O) groups is 2. The van der Waals surface area contributed by atoms with Crippen molar-refractivity contribution in [3.8, 4) is 0 Å². The number of carbonyl (C=O) groups excluding carboxylic acids is 2. The number of urea groups is 1. The summed E-state index contributed by atoms with van der Waals surface area (Å²) in [6.07, 6.45) is 0.861. The summed E-state index contributed by atoms with van der Waals surface area (Å²) in [6.45, 7) is 9.78. The van der Waals surface area contributed by atoms with Crippen molar-refractivity contribution < 1.29 is 14.7 Å². The fraction of sp³-hybridized carbons (Fsp3) is 0.737. The fourth-order valence-electron chi connectivity index (χ4n) is 2.97. The van der Waals surface area contributed by atoms with Crippen LogP contribution in [0.15, 0.2) is 5.38 Å². The van der Waals surface area contributed by atoms with Crippen molar-refractivity contribution in [1.82, 2.24) is 14.8 Å². The van der Waals surface area contributed by atoms with Crippen molar-refractivity contribution in [2.75, 3.05) is 7.05 Å². The topological polar surface area (TPSA) is 73.7 Å². The molecule has 2 unspecified atom stereocenters. The van der Waals surface area contributed by atoms with E-state index in [9.17, 15) is 14.7 Å². The Kier molecular flexibility index (Phi) is 6.80. The number of aliphatic hydroxyl groups excluding tert-OH is 1. The molecule has 0 bridgehead atoms. The molecule has 1 aromatic rings. The minimum Gasteiger partial charge on any atom is -0.391 e. The van der Waals surface area contributed by atoms with Crippen LogP contribution in [0, 0.1) is 5.92 Å². The zero-order valence-corrected chi connectivity index (χ0v) is 17.4. The summed E-state index contributed by atoms with van der Waals surface area (Å²) < 4.78 is 0. The van der Waals surface area contributed by atoms with Gasteiger partial charge in [-0.2, -0.15) is 0 Å². The van der Waals surface area contributed by atoms with E-state index in [1.165, 1.54) is 0 Å². The van der Waals surface area contributed by atoms with Gasteiger partial charge in [-0.05, 0) is 19.8 Å². The van der Waals surface area contributed by atoms with Crippen LogP contribution in [-0.4, -0.2) is 56.9 Å². The van der Waals surface area contributed by atoms with Gasteiger partial charge in [-0.3, -0.25) is 4.79 Å².